The van der Waals surface area contributed by atoms with Crippen LogP contribution < -0.4 is 24.8 Å². The molecule has 234 valence electrons. The van der Waals surface area contributed by atoms with Crippen molar-refractivity contribution in [2.24, 2.45) is 5.92 Å². The van der Waals surface area contributed by atoms with Crippen molar-refractivity contribution < 1.29 is 28.9 Å². The van der Waals surface area contributed by atoms with Crippen molar-refractivity contribution in [1.29, 1.82) is 0 Å². The first-order valence-corrected chi connectivity index (χ1v) is 15.1. The first-order chi connectivity index (χ1) is 21.1. The Hall–Kier alpha value is -3.70. The number of carbonyl (C=O) groups excluding carboxylic acids is 2. The number of likely N-dealkylation sites (N-methyl/N-ethyl adjacent to an activating group) is 1. The predicted octanol–water partition coefficient (Wildman–Crippen LogP) is 5.65. The molecule has 3 amide bonds. The second kappa shape index (κ2) is 13.9. The second-order valence-electron chi connectivity index (χ2n) is 11.3. The number of urea groups is 1. The largest absolute Gasteiger partial charge is 0.488 e. The monoisotopic (exact) mass is 642 g/mol. The Kier molecular flexibility index (Phi) is 10.1. The van der Waals surface area contributed by atoms with Crippen LogP contribution in [0.1, 0.15) is 25.0 Å². The van der Waals surface area contributed by atoms with Crippen molar-refractivity contribution in [3.8, 4) is 17.2 Å². The molecule has 0 unspecified atom stereocenters. The van der Waals surface area contributed by atoms with Gasteiger partial charge in [-0.25, -0.2) is 4.79 Å². The molecule has 0 saturated heterocycles. The van der Waals surface area contributed by atoms with E-state index in [0.29, 0.717) is 63.9 Å². The number of ether oxygens (including phenoxy) is 3. The zero-order valence-electron chi connectivity index (χ0n) is 24.8. The average Bonchev–Trinajstić information content (AvgIpc) is 3.46. The second-order valence-corrected chi connectivity index (χ2v) is 12.1. The molecular formula is C32H36Cl2N4O6. The van der Waals surface area contributed by atoms with E-state index in [4.69, 9.17) is 37.4 Å². The Morgan fingerprint density at radius 1 is 1.02 bits per heavy atom. The molecule has 2 aliphatic heterocycles. The van der Waals surface area contributed by atoms with Gasteiger partial charge in [-0.3, -0.25) is 9.69 Å². The summed E-state index contributed by atoms with van der Waals surface area (Å²) >= 11 is 12.3. The minimum absolute atomic E-state index is 0.0531. The van der Waals surface area contributed by atoms with Crippen LogP contribution in [0.4, 0.5) is 16.2 Å². The van der Waals surface area contributed by atoms with Gasteiger partial charge in [-0.1, -0.05) is 36.2 Å². The van der Waals surface area contributed by atoms with Crippen LogP contribution in [0.25, 0.3) is 0 Å². The molecule has 5 rings (SSSR count). The van der Waals surface area contributed by atoms with Crippen molar-refractivity contribution >= 4 is 46.5 Å². The summed E-state index contributed by atoms with van der Waals surface area (Å²) in [5.74, 6) is 1.56. The van der Waals surface area contributed by atoms with Gasteiger partial charge in [0.25, 0.3) is 0 Å². The summed E-state index contributed by atoms with van der Waals surface area (Å²) in [4.78, 5) is 30.2. The number of benzene rings is 3. The first kappa shape index (κ1) is 31.7. The van der Waals surface area contributed by atoms with Crippen molar-refractivity contribution in [3.63, 3.8) is 0 Å². The summed E-state index contributed by atoms with van der Waals surface area (Å²) in [6.45, 7) is 5.46. The molecule has 2 aliphatic rings. The molecule has 0 bridgehead atoms. The van der Waals surface area contributed by atoms with E-state index in [1.54, 1.807) is 47.4 Å². The Morgan fingerprint density at radius 2 is 1.73 bits per heavy atom. The Morgan fingerprint density at radius 3 is 2.45 bits per heavy atom. The van der Waals surface area contributed by atoms with Gasteiger partial charge in [-0.15, -0.1) is 0 Å². The SMILES string of the molecule is C[C@H]1CN([C@@H](C)CO)C(=O)Cc2cc(NC(=O)Nc3ccc4c(c3)OCO4)ccc2O[C@@H]1CN(C)Cc1ccc(Cl)c(Cl)c1. The smallest absolute Gasteiger partial charge is 0.323 e. The zero-order chi connectivity index (χ0) is 31.4. The predicted molar refractivity (Wildman–Crippen MR) is 170 cm³/mol. The molecule has 3 aromatic rings. The molecule has 0 aromatic heterocycles. The van der Waals surface area contributed by atoms with E-state index in [0.717, 1.165) is 5.56 Å². The number of nitrogens with zero attached hydrogens (tertiary/aromatic N) is 2. The molecule has 10 nitrogen and oxygen atoms in total. The normalized spacial score (nSPS) is 18.5. The molecule has 3 aromatic carbocycles. The highest BCUT2D eigenvalue weighted by molar-refractivity contribution is 6.42. The molecule has 0 spiro atoms. The van der Waals surface area contributed by atoms with Crippen LogP contribution in [0, 0.1) is 5.92 Å². The van der Waals surface area contributed by atoms with Gasteiger partial charge in [0.05, 0.1) is 29.1 Å². The third-order valence-corrected chi connectivity index (χ3v) is 8.47. The van der Waals surface area contributed by atoms with Gasteiger partial charge in [0.15, 0.2) is 11.5 Å². The molecule has 12 heteroatoms. The van der Waals surface area contributed by atoms with E-state index in [-0.39, 0.29) is 43.8 Å². The van der Waals surface area contributed by atoms with Gasteiger partial charge in [0, 0.05) is 48.6 Å². The number of carbonyl (C=O) groups is 2. The van der Waals surface area contributed by atoms with Gasteiger partial charge in [-0.2, -0.15) is 0 Å². The number of anilines is 2. The van der Waals surface area contributed by atoms with Crippen LogP contribution in [-0.2, 0) is 17.8 Å². The number of aliphatic hydroxyl groups excluding tert-OH is 1. The summed E-state index contributed by atoms with van der Waals surface area (Å²) < 4.78 is 17.3. The fourth-order valence-corrected chi connectivity index (χ4v) is 5.64. The number of halogens is 2. The van der Waals surface area contributed by atoms with E-state index < -0.39 is 6.03 Å². The fraction of sp³-hybridized carbons (Fsp3) is 0.375. The molecule has 3 atom stereocenters. The van der Waals surface area contributed by atoms with E-state index >= 15 is 0 Å². The Labute approximate surface area is 266 Å². The summed E-state index contributed by atoms with van der Waals surface area (Å²) in [7, 11) is 2.00. The number of nitrogens with one attached hydrogen (secondary N) is 2. The van der Waals surface area contributed by atoms with E-state index in [1.165, 1.54) is 0 Å². The Balaban J connectivity index is 1.34. The van der Waals surface area contributed by atoms with Crippen molar-refractivity contribution in [1.82, 2.24) is 9.80 Å². The number of fused-ring (bicyclic) bond motifs is 2. The molecule has 0 radical (unpaired) electrons. The topological polar surface area (TPSA) is 113 Å². The number of amides is 3. The maximum absolute atomic E-state index is 13.5. The maximum Gasteiger partial charge on any atom is 0.323 e. The maximum atomic E-state index is 13.5. The number of hydrogen-bond acceptors (Lipinski definition) is 7. The van der Waals surface area contributed by atoms with Crippen LogP contribution in [-0.4, -0.2) is 72.5 Å². The highest BCUT2D eigenvalue weighted by Crippen LogP contribution is 2.34. The van der Waals surface area contributed by atoms with E-state index in [2.05, 4.69) is 15.5 Å². The zero-order valence-corrected chi connectivity index (χ0v) is 26.3. The van der Waals surface area contributed by atoms with E-state index in [1.807, 2.05) is 33.0 Å². The first-order valence-electron chi connectivity index (χ1n) is 14.4. The lowest BCUT2D eigenvalue weighted by atomic mass is 10.0. The standard InChI is InChI=1S/C32H36Cl2N4O6/c1-19-14-38(20(2)17-39)31(40)12-22-11-23(35-32(41)36-24-6-9-28-29(13-24)43-18-42-28)5-8-27(22)44-30(19)16-37(3)15-21-4-7-25(33)26(34)10-21/h4-11,13,19-20,30,39H,12,14-18H2,1-3H3,(H2,35,36,41)/t19-,20-,30+/m0/s1. The summed E-state index contributed by atoms with van der Waals surface area (Å²) in [5, 5.41) is 16.6. The Bertz CT molecular complexity index is 1520. The quantitative estimate of drug-likeness (QED) is 0.291. The summed E-state index contributed by atoms with van der Waals surface area (Å²) in [5.41, 5.74) is 2.69. The van der Waals surface area contributed by atoms with Gasteiger partial charge < -0.3 is 34.9 Å². The highest BCUT2D eigenvalue weighted by atomic mass is 35.5. The van der Waals surface area contributed by atoms with Crippen molar-refractivity contribution in [3.05, 3.63) is 75.8 Å². The van der Waals surface area contributed by atoms with Crippen LogP contribution in [0.3, 0.4) is 0 Å². The lowest BCUT2D eigenvalue weighted by molar-refractivity contribution is -0.134. The molecule has 0 fully saturated rings. The minimum atomic E-state index is -0.454. The average molecular weight is 644 g/mol. The van der Waals surface area contributed by atoms with E-state index in [9.17, 15) is 14.7 Å². The number of hydrogen-bond donors (Lipinski definition) is 3. The third kappa shape index (κ3) is 7.68. The lowest BCUT2D eigenvalue weighted by Crippen LogP contribution is -2.47. The minimum Gasteiger partial charge on any atom is -0.488 e. The van der Waals surface area contributed by atoms with Crippen LogP contribution >= 0.6 is 23.2 Å². The number of rotatable bonds is 8. The molecule has 2 heterocycles. The lowest BCUT2D eigenvalue weighted by Gasteiger charge is -2.34. The third-order valence-electron chi connectivity index (χ3n) is 7.73. The van der Waals surface area contributed by atoms with Gasteiger partial charge in [0.2, 0.25) is 12.7 Å². The van der Waals surface area contributed by atoms with Crippen LogP contribution in [0.15, 0.2) is 54.6 Å². The van der Waals surface area contributed by atoms with Crippen LogP contribution in [0.2, 0.25) is 10.0 Å². The number of aliphatic hydroxyl groups is 1. The molecule has 0 saturated carbocycles. The summed E-state index contributed by atoms with van der Waals surface area (Å²) in [6, 6.07) is 15.2. The van der Waals surface area contributed by atoms with Crippen molar-refractivity contribution in [2.75, 3.05) is 44.2 Å². The summed E-state index contributed by atoms with van der Waals surface area (Å²) in [6.07, 6.45) is -0.230. The molecular weight excluding hydrogens is 607 g/mol. The molecule has 44 heavy (non-hydrogen) atoms. The molecule has 3 N–H and O–H groups in total. The van der Waals surface area contributed by atoms with Gasteiger partial charge >= 0.3 is 6.03 Å². The van der Waals surface area contributed by atoms with Crippen LogP contribution in [0.5, 0.6) is 17.2 Å². The van der Waals surface area contributed by atoms with Gasteiger partial charge in [-0.05, 0) is 62.0 Å². The molecule has 0 aliphatic carbocycles. The highest BCUT2D eigenvalue weighted by Gasteiger charge is 2.31. The van der Waals surface area contributed by atoms with Crippen molar-refractivity contribution in [2.45, 2.75) is 39.0 Å². The van der Waals surface area contributed by atoms with Gasteiger partial charge in [0.1, 0.15) is 11.9 Å². The fourth-order valence-electron chi connectivity index (χ4n) is 5.31.